The fourth-order valence-corrected chi connectivity index (χ4v) is 1.14. The molecule has 0 spiro atoms. The van der Waals surface area contributed by atoms with Crippen molar-refractivity contribution >= 4 is 5.97 Å². The molecular weight excluding hydrogens is 214 g/mol. The highest BCUT2D eigenvalue weighted by Crippen LogP contribution is 2.03. The summed E-state index contributed by atoms with van der Waals surface area (Å²) in [5.74, 6) is -0.915. The molecular formula is C9H7N3O4. The Morgan fingerprint density at radius 3 is 3.00 bits per heavy atom. The van der Waals surface area contributed by atoms with Crippen LogP contribution in [0, 0.1) is 0 Å². The molecule has 2 heterocycles. The van der Waals surface area contributed by atoms with E-state index in [1.165, 1.54) is 24.4 Å². The molecule has 0 saturated heterocycles. The van der Waals surface area contributed by atoms with Crippen molar-refractivity contribution in [3.8, 4) is 0 Å². The van der Waals surface area contributed by atoms with Gasteiger partial charge in [-0.05, 0) is 6.07 Å². The van der Waals surface area contributed by atoms with Crippen LogP contribution in [0.2, 0.25) is 0 Å². The zero-order chi connectivity index (χ0) is 11.5. The molecule has 0 aliphatic rings. The molecule has 82 valence electrons. The van der Waals surface area contributed by atoms with Gasteiger partial charge in [0.1, 0.15) is 6.54 Å². The van der Waals surface area contributed by atoms with Gasteiger partial charge in [0.15, 0.2) is 11.5 Å². The molecule has 16 heavy (non-hydrogen) atoms. The minimum absolute atomic E-state index is 0.0555. The van der Waals surface area contributed by atoms with Crippen molar-refractivity contribution in [1.29, 1.82) is 0 Å². The molecule has 1 N–H and O–H groups in total. The van der Waals surface area contributed by atoms with Crippen LogP contribution in [0.1, 0.15) is 16.2 Å². The summed E-state index contributed by atoms with van der Waals surface area (Å²) in [4.78, 5) is 21.8. The Bertz CT molecular complexity index is 572. The number of aromatic nitrogens is 3. The van der Waals surface area contributed by atoms with Gasteiger partial charge < -0.3 is 9.63 Å². The maximum atomic E-state index is 11.3. The Kier molecular flexibility index (Phi) is 2.50. The van der Waals surface area contributed by atoms with E-state index in [4.69, 9.17) is 9.63 Å². The number of rotatable bonds is 3. The lowest BCUT2D eigenvalue weighted by Gasteiger charge is -1.98. The third-order valence-electron chi connectivity index (χ3n) is 1.87. The van der Waals surface area contributed by atoms with Crippen molar-refractivity contribution < 1.29 is 14.4 Å². The number of hydrogen-bond acceptors (Lipinski definition) is 5. The Hall–Kier alpha value is -2.44. The normalized spacial score (nSPS) is 10.2. The average Bonchev–Trinajstić information content (AvgIpc) is 2.70. The van der Waals surface area contributed by atoms with Gasteiger partial charge in [0.25, 0.3) is 5.56 Å². The molecule has 0 aliphatic heterocycles. The fraction of sp³-hybridized carbons (Fsp3) is 0.111. The predicted molar refractivity (Wildman–Crippen MR) is 51.1 cm³/mol. The van der Waals surface area contributed by atoms with E-state index in [2.05, 4.69) is 10.3 Å². The number of nitrogens with zero attached hydrogens (tertiary/aromatic N) is 3. The lowest BCUT2D eigenvalue weighted by molar-refractivity contribution is 0.0685. The minimum atomic E-state index is -1.18. The molecule has 2 aromatic heterocycles. The van der Waals surface area contributed by atoms with Crippen LogP contribution in [0.5, 0.6) is 0 Å². The maximum Gasteiger partial charge on any atom is 0.358 e. The molecule has 7 heteroatoms. The highest BCUT2D eigenvalue weighted by atomic mass is 16.5. The third-order valence-corrected chi connectivity index (χ3v) is 1.87. The minimum Gasteiger partial charge on any atom is -0.476 e. The first-order chi connectivity index (χ1) is 7.66. The first-order valence-electron chi connectivity index (χ1n) is 4.38. The van der Waals surface area contributed by atoms with E-state index in [0.29, 0.717) is 0 Å². The molecule has 0 radical (unpaired) electrons. The van der Waals surface area contributed by atoms with Crippen LogP contribution in [-0.2, 0) is 6.54 Å². The van der Waals surface area contributed by atoms with Crippen LogP contribution in [0.15, 0.2) is 33.7 Å². The van der Waals surface area contributed by atoms with Gasteiger partial charge in [-0.3, -0.25) is 4.79 Å². The molecule has 7 nitrogen and oxygen atoms in total. The van der Waals surface area contributed by atoms with E-state index < -0.39 is 5.97 Å². The van der Waals surface area contributed by atoms with Gasteiger partial charge in [0.05, 0.1) is 0 Å². The summed E-state index contributed by atoms with van der Waals surface area (Å²) in [6.07, 6.45) is 1.45. The first kappa shape index (κ1) is 10.1. The van der Waals surface area contributed by atoms with Gasteiger partial charge in [-0.15, -0.1) is 0 Å². The monoisotopic (exact) mass is 221 g/mol. The molecule has 0 atom stereocenters. The summed E-state index contributed by atoms with van der Waals surface area (Å²) in [5.41, 5.74) is -0.491. The fourth-order valence-electron chi connectivity index (χ4n) is 1.14. The molecule has 0 fully saturated rings. The lowest BCUT2D eigenvalue weighted by Crippen LogP contribution is -2.21. The van der Waals surface area contributed by atoms with Gasteiger partial charge in [0.2, 0.25) is 0 Å². The number of carbonyl (C=O) groups is 1. The second-order valence-corrected chi connectivity index (χ2v) is 3.00. The molecule has 0 unspecified atom stereocenters. The van der Waals surface area contributed by atoms with Gasteiger partial charge in [-0.25, -0.2) is 9.48 Å². The second kappa shape index (κ2) is 3.97. The highest BCUT2D eigenvalue weighted by molar-refractivity contribution is 5.85. The number of aromatic carboxylic acids is 1. The zero-order valence-electron chi connectivity index (χ0n) is 8.03. The molecule has 0 aliphatic carbocycles. The van der Waals surface area contributed by atoms with Crippen molar-refractivity contribution in [3.05, 3.63) is 46.2 Å². The first-order valence-corrected chi connectivity index (χ1v) is 4.38. The number of carboxylic acid groups (broad SMARTS) is 1. The summed E-state index contributed by atoms with van der Waals surface area (Å²) in [7, 11) is 0. The Morgan fingerprint density at radius 1 is 1.56 bits per heavy atom. The van der Waals surface area contributed by atoms with E-state index in [-0.39, 0.29) is 23.6 Å². The van der Waals surface area contributed by atoms with Crippen LogP contribution in [0.3, 0.4) is 0 Å². The van der Waals surface area contributed by atoms with Crippen molar-refractivity contribution in [1.82, 2.24) is 14.9 Å². The van der Waals surface area contributed by atoms with Gasteiger partial charge in [-0.1, -0.05) is 5.16 Å². The molecule has 2 rings (SSSR count). The topological polar surface area (TPSA) is 98.2 Å². The van der Waals surface area contributed by atoms with Crippen LogP contribution in [0.25, 0.3) is 0 Å². The largest absolute Gasteiger partial charge is 0.476 e. The summed E-state index contributed by atoms with van der Waals surface area (Å²) in [6.45, 7) is 0.0555. The Labute approximate surface area is 88.9 Å². The van der Waals surface area contributed by atoms with E-state index in [1.54, 1.807) is 0 Å². The quantitative estimate of drug-likeness (QED) is 0.781. The molecule has 2 aromatic rings. The highest BCUT2D eigenvalue weighted by Gasteiger charge is 2.11. The Balaban J connectivity index is 2.24. The van der Waals surface area contributed by atoms with E-state index in [0.717, 1.165) is 4.68 Å². The zero-order valence-corrected chi connectivity index (χ0v) is 8.03. The smallest absolute Gasteiger partial charge is 0.358 e. The lowest BCUT2D eigenvalue weighted by atomic mass is 10.3. The molecule has 0 aromatic carbocycles. The standard InChI is InChI=1S/C9H7N3O4/c13-8-2-1-3-10-12(8)5-6-4-7(9(14)15)11-16-6/h1-4H,5H2,(H,14,15). The Morgan fingerprint density at radius 2 is 2.38 bits per heavy atom. The van der Waals surface area contributed by atoms with Crippen molar-refractivity contribution in [3.63, 3.8) is 0 Å². The summed E-state index contributed by atoms with van der Waals surface area (Å²) < 4.78 is 5.90. The van der Waals surface area contributed by atoms with Crippen molar-refractivity contribution in [2.75, 3.05) is 0 Å². The summed E-state index contributed by atoms with van der Waals surface area (Å²) >= 11 is 0. The summed E-state index contributed by atoms with van der Waals surface area (Å²) in [6, 6.07) is 4.12. The predicted octanol–water partition coefficient (Wildman–Crippen LogP) is -0.0222. The molecule has 0 amide bonds. The SMILES string of the molecule is O=C(O)c1cc(Cn2ncccc2=O)on1. The van der Waals surface area contributed by atoms with E-state index in [9.17, 15) is 9.59 Å². The molecule has 0 saturated carbocycles. The van der Waals surface area contributed by atoms with Crippen molar-refractivity contribution in [2.45, 2.75) is 6.54 Å². The van der Waals surface area contributed by atoms with Crippen LogP contribution >= 0.6 is 0 Å². The summed E-state index contributed by atoms with van der Waals surface area (Å²) in [5, 5.41) is 15.7. The van der Waals surface area contributed by atoms with Gasteiger partial charge >= 0.3 is 5.97 Å². The third kappa shape index (κ3) is 1.97. The average molecular weight is 221 g/mol. The van der Waals surface area contributed by atoms with E-state index >= 15 is 0 Å². The van der Waals surface area contributed by atoms with E-state index in [1.807, 2.05) is 0 Å². The second-order valence-electron chi connectivity index (χ2n) is 3.00. The number of hydrogen-bond donors (Lipinski definition) is 1. The van der Waals surface area contributed by atoms with Crippen LogP contribution in [0.4, 0.5) is 0 Å². The number of carboxylic acids is 1. The van der Waals surface area contributed by atoms with Gasteiger partial charge in [-0.2, -0.15) is 5.10 Å². The van der Waals surface area contributed by atoms with Gasteiger partial charge in [0, 0.05) is 18.3 Å². The maximum absolute atomic E-state index is 11.3. The molecule has 0 bridgehead atoms. The van der Waals surface area contributed by atoms with Crippen LogP contribution < -0.4 is 5.56 Å². The van der Waals surface area contributed by atoms with Crippen LogP contribution in [-0.4, -0.2) is 26.0 Å². The van der Waals surface area contributed by atoms with Crippen molar-refractivity contribution in [2.24, 2.45) is 0 Å².